The molecule has 1 aromatic carbocycles. The van der Waals surface area contributed by atoms with Gasteiger partial charge in [-0.2, -0.15) is 5.10 Å². The van der Waals surface area contributed by atoms with Crippen molar-refractivity contribution in [2.75, 3.05) is 13.2 Å². The highest BCUT2D eigenvalue weighted by Gasteiger charge is 2.12. The number of nitrogens with zero attached hydrogens (tertiary/aromatic N) is 2. The Kier molecular flexibility index (Phi) is 2.45. The topological polar surface area (TPSA) is 56.5 Å². The van der Waals surface area contributed by atoms with Crippen LogP contribution in [-0.2, 0) is 6.61 Å². The number of benzene rings is 1. The molecule has 1 aromatic heterocycles. The third-order valence-electron chi connectivity index (χ3n) is 2.61. The lowest BCUT2D eigenvalue weighted by atomic mass is 10.2. The van der Waals surface area contributed by atoms with Crippen molar-refractivity contribution in [3.63, 3.8) is 0 Å². The molecule has 88 valence electrons. The summed E-state index contributed by atoms with van der Waals surface area (Å²) in [7, 11) is 0. The predicted octanol–water partition coefficient (Wildman–Crippen LogP) is 1.14. The molecule has 0 radical (unpaired) electrons. The Labute approximate surface area is 98.2 Å². The van der Waals surface area contributed by atoms with E-state index in [1.54, 1.807) is 17.1 Å². The van der Waals surface area contributed by atoms with Gasteiger partial charge in [-0.15, -0.1) is 0 Å². The van der Waals surface area contributed by atoms with Gasteiger partial charge >= 0.3 is 0 Å². The van der Waals surface area contributed by atoms with Gasteiger partial charge in [-0.25, -0.2) is 4.68 Å². The van der Waals surface area contributed by atoms with Crippen molar-refractivity contribution in [1.29, 1.82) is 0 Å². The molecule has 0 aliphatic carbocycles. The van der Waals surface area contributed by atoms with Crippen molar-refractivity contribution in [2.45, 2.75) is 6.61 Å². The van der Waals surface area contributed by atoms with E-state index in [4.69, 9.17) is 14.6 Å². The number of aromatic nitrogens is 2. The number of aliphatic hydroxyl groups is 1. The van der Waals surface area contributed by atoms with Crippen molar-refractivity contribution >= 4 is 0 Å². The molecule has 0 bridgehead atoms. The van der Waals surface area contributed by atoms with E-state index in [-0.39, 0.29) is 6.61 Å². The van der Waals surface area contributed by atoms with Gasteiger partial charge in [0, 0.05) is 17.8 Å². The summed E-state index contributed by atoms with van der Waals surface area (Å²) in [5, 5.41) is 13.2. The van der Waals surface area contributed by atoms with Crippen LogP contribution in [-0.4, -0.2) is 28.1 Å². The Morgan fingerprint density at radius 3 is 2.82 bits per heavy atom. The van der Waals surface area contributed by atoms with Gasteiger partial charge in [0.1, 0.15) is 13.2 Å². The van der Waals surface area contributed by atoms with Crippen molar-refractivity contribution in [3.05, 3.63) is 36.2 Å². The van der Waals surface area contributed by atoms with Crippen LogP contribution in [0.25, 0.3) is 5.69 Å². The molecule has 1 N–H and O–H groups in total. The van der Waals surface area contributed by atoms with Crippen molar-refractivity contribution < 1.29 is 14.6 Å². The SMILES string of the molecule is OCc1cnn(-c2ccc3c(c2)OCCO3)c1. The molecular weight excluding hydrogens is 220 g/mol. The molecule has 0 saturated carbocycles. The van der Waals surface area contributed by atoms with Gasteiger partial charge in [-0.1, -0.05) is 0 Å². The van der Waals surface area contributed by atoms with Crippen LogP contribution in [0.15, 0.2) is 30.6 Å². The number of fused-ring (bicyclic) bond motifs is 1. The first-order chi connectivity index (χ1) is 8.36. The van der Waals surface area contributed by atoms with E-state index in [0.29, 0.717) is 13.2 Å². The average Bonchev–Trinajstić information content (AvgIpc) is 2.87. The molecule has 1 aliphatic rings. The first-order valence-electron chi connectivity index (χ1n) is 5.41. The molecule has 0 fully saturated rings. The first kappa shape index (κ1) is 10.2. The van der Waals surface area contributed by atoms with Crippen LogP contribution in [0.4, 0.5) is 0 Å². The molecule has 0 unspecified atom stereocenters. The molecule has 5 nitrogen and oxygen atoms in total. The minimum atomic E-state index is -0.00937. The van der Waals surface area contributed by atoms with Crippen LogP contribution in [0.5, 0.6) is 11.5 Å². The molecular formula is C12H12N2O3. The highest BCUT2D eigenvalue weighted by Crippen LogP contribution is 2.31. The molecule has 2 heterocycles. The average molecular weight is 232 g/mol. The summed E-state index contributed by atoms with van der Waals surface area (Å²) in [6.45, 7) is 1.14. The first-order valence-corrected chi connectivity index (χ1v) is 5.41. The van der Waals surface area contributed by atoms with E-state index in [1.165, 1.54) is 0 Å². The van der Waals surface area contributed by atoms with Gasteiger partial charge in [0.15, 0.2) is 11.5 Å². The molecule has 5 heteroatoms. The van der Waals surface area contributed by atoms with Crippen molar-refractivity contribution in [3.8, 4) is 17.2 Å². The van der Waals surface area contributed by atoms with E-state index in [0.717, 1.165) is 22.7 Å². The smallest absolute Gasteiger partial charge is 0.163 e. The fourth-order valence-corrected chi connectivity index (χ4v) is 1.76. The Hall–Kier alpha value is -2.01. The Morgan fingerprint density at radius 1 is 1.24 bits per heavy atom. The standard InChI is InChI=1S/C12H12N2O3/c15-8-9-6-13-14(7-9)10-1-2-11-12(5-10)17-4-3-16-11/h1-2,5-7,15H,3-4,8H2. The summed E-state index contributed by atoms with van der Waals surface area (Å²) >= 11 is 0. The lowest BCUT2D eigenvalue weighted by molar-refractivity contribution is 0.171. The quantitative estimate of drug-likeness (QED) is 0.843. The summed E-state index contributed by atoms with van der Waals surface area (Å²) < 4.78 is 12.6. The van der Waals surface area contributed by atoms with Gasteiger partial charge < -0.3 is 14.6 Å². The maximum atomic E-state index is 8.99. The Balaban J connectivity index is 1.97. The van der Waals surface area contributed by atoms with E-state index in [2.05, 4.69) is 5.10 Å². The van der Waals surface area contributed by atoms with E-state index >= 15 is 0 Å². The largest absolute Gasteiger partial charge is 0.486 e. The van der Waals surface area contributed by atoms with Crippen LogP contribution in [0.3, 0.4) is 0 Å². The molecule has 0 amide bonds. The Bertz CT molecular complexity index is 536. The maximum Gasteiger partial charge on any atom is 0.163 e. The second-order valence-corrected chi connectivity index (χ2v) is 3.78. The van der Waals surface area contributed by atoms with Gasteiger partial charge in [0.25, 0.3) is 0 Å². The maximum absolute atomic E-state index is 8.99. The number of aliphatic hydroxyl groups excluding tert-OH is 1. The summed E-state index contributed by atoms with van der Waals surface area (Å²) in [4.78, 5) is 0. The van der Waals surface area contributed by atoms with Crippen LogP contribution < -0.4 is 9.47 Å². The number of ether oxygens (including phenoxy) is 2. The molecule has 2 aromatic rings. The Morgan fingerprint density at radius 2 is 2.06 bits per heavy atom. The lowest BCUT2D eigenvalue weighted by Gasteiger charge is -2.18. The van der Waals surface area contributed by atoms with Crippen LogP contribution in [0.1, 0.15) is 5.56 Å². The summed E-state index contributed by atoms with van der Waals surface area (Å²) in [5.74, 6) is 1.49. The van der Waals surface area contributed by atoms with Gasteiger partial charge in [-0.3, -0.25) is 0 Å². The highest BCUT2D eigenvalue weighted by molar-refractivity contribution is 5.49. The lowest BCUT2D eigenvalue weighted by Crippen LogP contribution is -2.15. The highest BCUT2D eigenvalue weighted by atomic mass is 16.6. The molecule has 0 spiro atoms. The predicted molar refractivity (Wildman–Crippen MR) is 60.5 cm³/mol. The minimum absolute atomic E-state index is 0.00937. The van der Waals surface area contributed by atoms with E-state index in [9.17, 15) is 0 Å². The molecule has 3 rings (SSSR count). The molecule has 1 aliphatic heterocycles. The molecule has 0 saturated heterocycles. The van der Waals surface area contributed by atoms with Crippen LogP contribution >= 0.6 is 0 Å². The number of rotatable bonds is 2. The monoisotopic (exact) mass is 232 g/mol. The van der Waals surface area contributed by atoms with Gasteiger partial charge in [0.05, 0.1) is 18.5 Å². The summed E-state index contributed by atoms with van der Waals surface area (Å²) in [6.07, 6.45) is 3.42. The normalized spacial score (nSPS) is 13.7. The third kappa shape index (κ3) is 1.85. The second-order valence-electron chi connectivity index (χ2n) is 3.78. The fraction of sp³-hybridized carbons (Fsp3) is 0.250. The van der Waals surface area contributed by atoms with Gasteiger partial charge in [-0.05, 0) is 12.1 Å². The van der Waals surface area contributed by atoms with Crippen molar-refractivity contribution in [2.24, 2.45) is 0 Å². The van der Waals surface area contributed by atoms with Crippen LogP contribution in [0, 0.1) is 0 Å². The van der Waals surface area contributed by atoms with Crippen molar-refractivity contribution in [1.82, 2.24) is 9.78 Å². The summed E-state index contributed by atoms with van der Waals surface area (Å²) in [5.41, 5.74) is 1.66. The number of hydrogen-bond donors (Lipinski definition) is 1. The van der Waals surface area contributed by atoms with Gasteiger partial charge in [0.2, 0.25) is 0 Å². The molecule has 17 heavy (non-hydrogen) atoms. The summed E-state index contributed by atoms with van der Waals surface area (Å²) in [6, 6.07) is 5.65. The number of hydrogen-bond acceptors (Lipinski definition) is 4. The fourth-order valence-electron chi connectivity index (χ4n) is 1.76. The third-order valence-corrected chi connectivity index (χ3v) is 2.61. The second kappa shape index (κ2) is 4.10. The van der Waals surface area contributed by atoms with E-state index < -0.39 is 0 Å². The minimum Gasteiger partial charge on any atom is -0.486 e. The van der Waals surface area contributed by atoms with E-state index in [1.807, 2.05) is 18.2 Å². The zero-order valence-electron chi connectivity index (χ0n) is 9.17. The zero-order valence-corrected chi connectivity index (χ0v) is 9.17. The van der Waals surface area contributed by atoms with Crippen LogP contribution in [0.2, 0.25) is 0 Å². The molecule has 0 atom stereocenters. The zero-order chi connectivity index (χ0) is 11.7.